The fraction of sp³-hybridized carbons (Fsp3) is 0.0833. The van der Waals surface area contributed by atoms with Gasteiger partial charge in [-0.1, -0.05) is 46.3 Å². The highest BCUT2D eigenvalue weighted by Crippen LogP contribution is 2.35. The first-order valence-corrected chi connectivity index (χ1v) is 9.97. The predicted molar refractivity (Wildman–Crippen MR) is 116 cm³/mol. The third kappa shape index (κ3) is 4.14. The average Bonchev–Trinajstić information content (AvgIpc) is 3.08. The largest absolute Gasteiger partial charge is 0.489 e. The quantitative estimate of drug-likeness (QED) is 0.372. The van der Waals surface area contributed by atoms with Crippen LogP contribution in [0.2, 0.25) is 0 Å². The van der Waals surface area contributed by atoms with E-state index in [1.807, 2.05) is 24.3 Å². The minimum atomic E-state index is -0.380. The second-order valence-corrected chi connectivity index (χ2v) is 7.45. The number of allylic oxidation sites excluding steroid dienone is 1. The first-order chi connectivity index (χ1) is 14.5. The van der Waals surface area contributed by atoms with Crippen LogP contribution >= 0.6 is 15.9 Å². The Hall–Kier alpha value is -3.38. The van der Waals surface area contributed by atoms with E-state index in [9.17, 15) is 9.59 Å². The topological polar surface area (TPSA) is 61.8 Å². The van der Waals surface area contributed by atoms with Gasteiger partial charge in [-0.15, -0.1) is 0 Å². The van der Waals surface area contributed by atoms with Crippen molar-refractivity contribution in [3.8, 4) is 11.5 Å². The lowest BCUT2D eigenvalue weighted by Gasteiger charge is -2.08. The molecule has 0 amide bonds. The van der Waals surface area contributed by atoms with Gasteiger partial charge in [0.25, 0.3) is 0 Å². The lowest BCUT2D eigenvalue weighted by Crippen LogP contribution is -2.02. The SMILES string of the molecule is COC(=O)c1ccc(COc2ccc3c(c2)OC(=Cc2ccccc2Br)C3=O)cc1. The van der Waals surface area contributed by atoms with Crippen molar-refractivity contribution < 1.29 is 23.8 Å². The van der Waals surface area contributed by atoms with E-state index in [2.05, 4.69) is 15.9 Å². The molecule has 0 saturated heterocycles. The van der Waals surface area contributed by atoms with E-state index >= 15 is 0 Å². The molecule has 0 unspecified atom stereocenters. The number of esters is 1. The molecular weight excluding hydrogens is 448 g/mol. The van der Waals surface area contributed by atoms with E-state index in [0.717, 1.165) is 15.6 Å². The van der Waals surface area contributed by atoms with Crippen LogP contribution in [0.25, 0.3) is 6.08 Å². The summed E-state index contributed by atoms with van der Waals surface area (Å²) < 4.78 is 17.2. The van der Waals surface area contributed by atoms with Gasteiger partial charge in [-0.3, -0.25) is 4.79 Å². The van der Waals surface area contributed by atoms with Gasteiger partial charge in [0.2, 0.25) is 5.78 Å². The molecule has 150 valence electrons. The van der Waals surface area contributed by atoms with Crippen LogP contribution in [-0.2, 0) is 11.3 Å². The zero-order valence-electron chi connectivity index (χ0n) is 16.1. The van der Waals surface area contributed by atoms with Gasteiger partial charge in [-0.25, -0.2) is 4.79 Å². The Kier molecular flexibility index (Phi) is 5.68. The van der Waals surface area contributed by atoms with Gasteiger partial charge in [0.05, 0.1) is 18.2 Å². The Morgan fingerprint density at radius 3 is 2.57 bits per heavy atom. The molecule has 0 aromatic heterocycles. The summed E-state index contributed by atoms with van der Waals surface area (Å²) in [5, 5.41) is 0. The number of hydrogen-bond acceptors (Lipinski definition) is 5. The highest BCUT2D eigenvalue weighted by molar-refractivity contribution is 9.10. The Morgan fingerprint density at radius 1 is 1.07 bits per heavy atom. The van der Waals surface area contributed by atoms with E-state index in [1.165, 1.54) is 7.11 Å². The lowest BCUT2D eigenvalue weighted by molar-refractivity contribution is 0.0600. The van der Waals surface area contributed by atoms with Crippen molar-refractivity contribution in [1.82, 2.24) is 0 Å². The van der Waals surface area contributed by atoms with Gasteiger partial charge in [-0.05, 0) is 47.5 Å². The van der Waals surface area contributed by atoms with Gasteiger partial charge < -0.3 is 14.2 Å². The highest BCUT2D eigenvalue weighted by Gasteiger charge is 2.28. The van der Waals surface area contributed by atoms with Crippen LogP contribution in [0.1, 0.15) is 31.8 Å². The number of fused-ring (bicyclic) bond motifs is 1. The maximum Gasteiger partial charge on any atom is 0.337 e. The van der Waals surface area contributed by atoms with Crippen molar-refractivity contribution in [2.75, 3.05) is 7.11 Å². The number of benzene rings is 3. The molecule has 3 aromatic rings. The molecule has 0 fully saturated rings. The molecule has 6 heteroatoms. The van der Waals surface area contributed by atoms with Crippen LogP contribution in [0.3, 0.4) is 0 Å². The van der Waals surface area contributed by atoms with E-state index < -0.39 is 0 Å². The molecular formula is C24H17BrO5. The molecule has 1 aliphatic heterocycles. The van der Waals surface area contributed by atoms with Crippen molar-refractivity contribution in [3.63, 3.8) is 0 Å². The molecule has 3 aromatic carbocycles. The molecule has 0 spiro atoms. The average molecular weight is 465 g/mol. The maximum atomic E-state index is 12.6. The second-order valence-electron chi connectivity index (χ2n) is 6.60. The molecule has 1 aliphatic rings. The highest BCUT2D eigenvalue weighted by atomic mass is 79.9. The molecule has 4 rings (SSSR count). The Balaban J connectivity index is 1.46. The zero-order valence-corrected chi connectivity index (χ0v) is 17.6. The first kappa shape index (κ1) is 19.9. The molecule has 0 bridgehead atoms. The second kappa shape index (κ2) is 8.55. The summed E-state index contributed by atoms with van der Waals surface area (Å²) in [6, 6.07) is 19.7. The number of carbonyl (C=O) groups excluding carboxylic acids is 2. The monoisotopic (exact) mass is 464 g/mol. The van der Waals surface area contributed by atoms with Crippen LogP contribution < -0.4 is 9.47 Å². The molecule has 0 aliphatic carbocycles. The van der Waals surface area contributed by atoms with E-state index in [4.69, 9.17) is 14.2 Å². The van der Waals surface area contributed by atoms with E-state index in [1.54, 1.807) is 48.5 Å². The van der Waals surface area contributed by atoms with Gasteiger partial charge in [0.15, 0.2) is 5.76 Å². The smallest absolute Gasteiger partial charge is 0.337 e. The zero-order chi connectivity index (χ0) is 21.1. The lowest BCUT2D eigenvalue weighted by atomic mass is 10.1. The van der Waals surface area contributed by atoms with Crippen LogP contribution in [0, 0.1) is 0 Å². The van der Waals surface area contributed by atoms with Gasteiger partial charge in [-0.2, -0.15) is 0 Å². The molecule has 0 atom stereocenters. The summed E-state index contributed by atoms with van der Waals surface area (Å²) in [4.78, 5) is 24.1. The summed E-state index contributed by atoms with van der Waals surface area (Å²) in [6.45, 7) is 0.313. The minimum absolute atomic E-state index is 0.161. The minimum Gasteiger partial charge on any atom is -0.489 e. The molecule has 30 heavy (non-hydrogen) atoms. The number of ether oxygens (including phenoxy) is 3. The molecule has 5 nitrogen and oxygen atoms in total. The van der Waals surface area contributed by atoms with Crippen LogP contribution in [0.5, 0.6) is 11.5 Å². The number of ketones is 1. The van der Waals surface area contributed by atoms with Gasteiger partial charge in [0.1, 0.15) is 18.1 Å². The van der Waals surface area contributed by atoms with Gasteiger partial charge >= 0.3 is 5.97 Å². The standard InChI is InChI=1S/C24H17BrO5/c1-28-24(27)16-8-6-15(7-9-16)14-29-18-10-11-19-21(13-18)30-22(23(19)26)12-17-4-2-3-5-20(17)25/h2-13H,14H2,1H3. The van der Waals surface area contributed by atoms with Crippen molar-refractivity contribution in [3.05, 3.63) is 99.2 Å². The van der Waals surface area contributed by atoms with Crippen LogP contribution in [0.4, 0.5) is 0 Å². The van der Waals surface area contributed by atoms with Crippen molar-refractivity contribution >= 4 is 33.8 Å². The fourth-order valence-corrected chi connectivity index (χ4v) is 3.41. The van der Waals surface area contributed by atoms with Crippen molar-refractivity contribution in [1.29, 1.82) is 0 Å². The van der Waals surface area contributed by atoms with Gasteiger partial charge in [0, 0.05) is 10.5 Å². The number of carbonyl (C=O) groups is 2. The maximum absolute atomic E-state index is 12.6. The Bertz CT molecular complexity index is 1150. The number of rotatable bonds is 5. The molecule has 0 saturated carbocycles. The summed E-state index contributed by atoms with van der Waals surface area (Å²) in [5.41, 5.74) is 2.74. The number of hydrogen-bond donors (Lipinski definition) is 0. The van der Waals surface area contributed by atoms with E-state index in [0.29, 0.717) is 29.2 Å². The fourth-order valence-electron chi connectivity index (χ4n) is 3.01. The number of methoxy groups -OCH3 is 1. The summed E-state index contributed by atoms with van der Waals surface area (Å²) in [5.74, 6) is 0.782. The number of Topliss-reactive ketones (excluding diaryl/α,β-unsaturated/α-hetero) is 1. The Morgan fingerprint density at radius 2 is 1.83 bits per heavy atom. The Labute approximate surface area is 182 Å². The molecule has 1 heterocycles. The predicted octanol–water partition coefficient (Wildman–Crippen LogP) is 5.43. The van der Waals surface area contributed by atoms with Crippen LogP contribution in [0.15, 0.2) is 77.0 Å². The summed E-state index contributed by atoms with van der Waals surface area (Å²) >= 11 is 3.47. The van der Waals surface area contributed by atoms with E-state index in [-0.39, 0.29) is 17.5 Å². The number of halogens is 1. The third-order valence-corrected chi connectivity index (χ3v) is 5.34. The summed E-state index contributed by atoms with van der Waals surface area (Å²) in [7, 11) is 1.35. The molecule has 0 radical (unpaired) electrons. The molecule has 0 N–H and O–H groups in total. The van der Waals surface area contributed by atoms with Crippen molar-refractivity contribution in [2.24, 2.45) is 0 Å². The van der Waals surface area contributed by atoms with Crippen molar-refractivity contribution in [2.45, 2.75) is 6.61 Å². The van der Waals surface area contributed by atoms with Crippen LogP contribution in [-0.4, -0.2) is 18.9 Å². The first-order valence-electron chi connectivity index (χ1n) is 9.18. The normalized spacial score (nSPS) is 13.7. The third-order valence-electron chi connectivity index (χ3n) is 4.61. The summed E-state index contributed by atoms with van der Waals surface area (Å²) in [6.07, 6.45) is 1.72.